The van der Waals surface area contributed by atoms with E-state index in [0.29, 0.717) is 5.69 Å². The fraction of sp³-hybridized carbons (Fsp3) is 0.190. The molecule has 0 atom stereocenters. The van der Waals surface area contributed by atoms with Crippen molar-refractivity contribution >= 4 is 23.2 Å². The molecule has 7 heteroatoms. The van der Waals surface area contributed by atoms with Crippen molar-refractivity contribution in [3.63, 3.8) is 0 Å². The third-order valence-corrected chi connectivity index (χ3v) is 5.12. The number of carboxylic acids is 1. The Hall–Kier alpha value is -3.61. The Morgan fingerprint density at radius 3 is 2.43 bits per heavy atom. The Labute approximate surface area is 160 Å². The average molecular weight is 377 g/mol. The number of fused-ring (bicyclic) bond motifs is 1. The van der Waals surface area contributed by atoms with Gasteiger partial charge in [-0.2, -0.15) is 0 Å². The average Bonchev–Trinajstić information content (AvgIpc) is 3.48. The Bertz CT molecular complexity index is 1170. The molecule has 0 saturated heterocycles. The Balaban J connectivity index is 1.90. The first-order valence-electron chi connectivity index (χ1n) is 8.96. The molecule has 1 aliphatic carbocycles. The van der Waals surface area contributed by atoms with Crippen LogP contribution in [0.25, 0.3) is 16.6 Å². The van der Waals surface area contributed by atoms with Gasteiger partial charge in [0.15, 0.2) is 0 Å². The number of pyridine rings is 2. The fourth-order valence-electron chi connectivity index (χ4n) is 3.64. The molecule has 1 aliphatic rings. The summed E-state index contributed by atoms with van der Waals surface area (Å²) in [7, 11) is 0. The standard InChI is InChI=1S/C21H19N3O4/c1-11-15(12-4-6-14(7-5-12)23-21(22)28)8-9-24-18(11)16(13-2-3-13)10-17(19(24)25)20(26)27/h4-10,13H,2-3H2,1H3,(H,26,27)(H3,22,23,28). The highest BCUT2D eigenvalue weighted by Crippen LogP contribution is 2.43. The molecule has 1 aromatic carbocycles. The summed E-state index contributed by atoms with van der Waals surface area (Å²) in [5.74, 6) is -0.926. The molecule has 0 unspecified atom stereocenters. The van der Waals surface area contributed by atoms with E-state index in [-0.39, 0.29) is 11.5 Å². The van der Waals surface area contributed by atoms with E-state index in [1.54, 1.807) is 18.3 Å². The number of aryl methyl sites for hydroxylation is 1. The van der Waals surface area contributed by atoms with Gasteiger partial charge in [-0.25, -0.2) is 9.59 Å². The number of benzene rings is 1. The summed E-state index contributed by atoms with van der Waals surface area (Å²) < 4.78 is 1.44. The van der Waals surface area contributed by atoms with E-state index in [1.807, 2.05) is 25.1 Å². The van der Waals surface area contributed by atoms with E-state index < -0.39 is 17.6 Å². The van der Waals surface area contributed by atoms with Crippen LogP contribution >= 0.6 is 0 Å². The molecule has 142 valence electrons. The first kappa shape index (κ1) is 17.8. The minimum atomic E-state index is -1.21. The van der Waals surface area contributed by atoms with E-state index in [2.05, 4.69) is 5.32 Å². The van der Waals surface area contributed by atoms with Crippen molar-refractivity contribution in [3.8, 4) is 11.1 Å². The van der Waals surface area contributed by atoms with Crippen LogP contribution in [0.3, 0.4) is 0 Å². The number of carbonyl (C=O) groups excluding carboxylic acids is 1. The molecule has 2 aromatic heterocycles. The lowest BCUT2D eigenvalue weighted by Crippen LogP contribution is -2.23. The van der Waals surface area contributed by atoms with Gasteiger partial charge in [-0.3, -0.25) is 9.20 Å². The number of carbonyl (C=O) groups is 2. The van der Waals surface area contributed by atoms with Crippen molar-refractivity contribution in [2.24, 2.45) is 5.73 Å². The number of aromatic nitrogens is 1. The second-order valence-electron chi connectivity index (χ2n) is 7.04. The van der Waals surface area contributed by atoms with Crippen LogP contribution in [0.1, 0.15) is 40.2 Å². The van der Waals surface area contributed by atoms with Crippen molar-refractivity contribution in [1.29, 1.82) is 0 Å². The molecule has 4 rings (SSSR count). The molecule has 7 nitrogen and oxygen atoms in total. The van der Waals surface area contributed by atoms with Crippen LogP contribution in [0.2, 0.25) is 0 Å². The first-order chi connectivity index (χ1) is 13.4. The van der Waals surface area contributed by atoms with Gasteiger partial charge < -0.3 is 16.2 Å². The predicted octanol–water partition coefficient (Wildman–Crippen LogP) is 3.34. The molecule has 0 bridgehead atoms. The minimum absolute atomic E-state index is 0.201. The van der Waals surface area contributed by atoms with Crippen LogP contribution in [0, 0.1) is 6.92 Å². The molecule has 1 fully saturated rings. The summed E-state index contributed by atoms with van der Waals surface area (Å²) in [6.07, 6.45) is 3.61. The molecule has 1 saturated carbocycles. The summed E-state index contributed by atoms with van der Waals surface area (Å²) in [4.78, 5) is 35.1. The Morgan fingerprint density at radius 1 is 1.18 bits per heavy atom. The Morgan fingerprint density at radius 2 is 1.86 bits per heavy atom. The summed E-state index contributed by atoms with van der Waals surface area (Å²) in [6.45, 7) is 1.94. The van der Waals surface area contributed by atoms with Crippen LogP contribution in [0.5, 0.6) is 0 Å². The molecule has 0 aliphatic heterocycles. The third-order valence-electron chi connectivity index (χ3n) is 5.12. The largest absolute Gasteiger partial charge is 0.477 e. The summed E-state index contributed by atoms with van der Waals surface area (Å²) >= 11 is 0. The number of nitrogens with two attached hydrogens (primary N) is 1. The number of carboxylic acid groups (broad SMARTS) is 1. The predicted molar refractivity (Wildman–Crippen MR) is 106 cm³/mol. The first-order valence-corrected chi connectivity index (χ1v) is 8.96. The molecule has 2 heterocycles. The van der Waals surface area contributed by atoms with E-state index in [4.69, 9.17) is 5.73 Å². The number of nitrogens with zero attached hydrogens (tertiary/aromatic N) is 1. The van der Waals surface area contributed by atoms with Gasteiger partial charge >= 0.3 is 12.0 Å². The highest BCUT2D eigenvalue weighted by molar-refractivity contribution is 5.90. The van der Waals surface area contributed by atoms with E-state index in [1.165, 1.54) is 10.5 Å². The SMILES string of the molecule is Cc1c(-c2ccc(NC(N)=O)cc2)ccn2c(=O)c(C(=O)O)cc(C3CC3)c12. The molecular weight excluding hydrogens is 358 g/mol. The van der Waals surface area contributed by atoms with Crippen molar-refractivity contribution in [3.05, 3.63) is 69.6 Å². The van der Waals surface area contributed by atoms with Crippen molar-refractivity contribution in [2.45, 2.75) is 25.7 Å². The molecule has 3 aromatic rings. The van der Waals surface area contributed by atoms with E-state index >= 15 is 0 Å². The van der Waals surface area contributed by atoms with Crippen molar-refractivity contribution in [1.82, 2.24) is 4.40 Å². The number of rotatable bonds is 4. The number of anilines is 1. The van der Waals surface area contributed by atoms with Crippen LogP contribution in [0.15, 0.2) is 47.4 Å². The monoisotopic (exact) mass is 377 g/mol. The van der Waals surface area contributed by atoms with Gasteiger partial charge in [0.05, 0.1) is 5.52 Å². The maximum atomic E-state index is 12.6. The summed E-state index contributed by atoms with van der Waals surface area (Å²) in [5, 5.41) is 11.9. The van der Waals surface area contributed by atoms with Gasteiger partial charge in [0.1, 0.15) is 5.56 Å². The molecule has 28 heavy (non-hydrogen) atoms. The normalized spacial score (nSPS) is 13.5. The lowest BCUT2D eigenvalue weighted by molar-refractivity contribution is 0.0694. The van der Waals surface area contributed by atoms with Gasteiger partial charge in [0.25, 0.3) is 5.56 Å². The lowest BCUT2D eigenvalue weighted by atomic mass is 9.96. The number of primary amides is 1. The highest BCUT2D eigenvalue weighted by Gasteiger charge is 2.29. The van der Waals surface area contributed by atoms with Crippen LogP contribution in [-0.4, -0.2) is 21.5 Å². The highest BCUT2D eigenvalue weighted by atomic mass is 16.4. The molecule has 0 radical (unpaired) electrons. The maximum Gasteiger partial charge on any atom is 0.341 e. The van der Waals surface area contributed by atoms with Crippen molar-refractivity contribution < 1.29 is 14.7 Å². The number of amides is 2. The number of nitrogens with one attached hydrogen (secondary N) is 1. The Kier molecular flexibility index (Phi) is 4.15. The molecule has 2 amide bonds. The topological polar surface area (TPSA) is 114 Å². The zero-order valence-electron chi connectivity index (χ0n) is 15.2. The number of hydrogen-bond acceptors (Lipinski definition) is 3. The maximum absolute atomic E-state index is 12.6. The lowest BCUT2D eigenvalue weighted by Gasteiger charge is -2.15. The van der Waals surface area contributed by atoms with Crippen molar-refractivity contribution in [2.75, 3.05) is 5.32 Å². The zero-order chi connectivity index (χ0) is 20.0. The third kappa shape index (κ3) is 3.00. The van der Waals surface area contributed by atoms with Gasteiger partial charge in [0, 0.05) is 11.9 Å². The van der Waals surface area contributed by atoms with Crippen LogP contribution < -0.4 is 16.6 Å². The van der Waals surface area contributed by atoms with Crippen LogP contribution in [-0.2, 0) is 0 Å². The smallest absolute Gasteiger partial charge is 0.341 e. The van der Waals surface area contributed by atoms with E-state index in [9.17, 15) is 19.5 Å². The van der Waals surface area contributed by atoms with Gasteiger partial charge in [-0.15, -0.1) is 0 Å². The molecule has 0 spiro atoms. The van der Waals surface area contributed by atoms with Crippen LogP contribution in [0.4, 0.5) is 10.5 Å². The quantitative estimate of drug-likeness (QED) is 0.647. The second kappa shape index (κ2) is 6.53. The molecular formula is C21H19N3O4. The number of urea groups is 1. The number of aromatic carboxylic acids is 1. The number of hydrogen-bond donors (Lipinski definition) is 3. The minimum Gasteiger partial charge on any atom is -0.477 e. The second-order valence-corrected chi connectivity index (χ2v) is 7.04. The van der Waals surface area contributed by atoms with Gasteiger partial charge in [-0.05, 0) is 72.2 Å². The van der Waals surface area contributed by atoms with Gasteiger partial charge in [-0.1, -0.05) is 12.1 Å². The van der Waals surface area contributed by atoms with E-state index in [0.717, 1.165) is 40.6 Å². The summed E-state index contributed by atoms with van der Waals surface area (Å²) in [5.41, 5.74) is 9.45. The fourth-order valence-corrected chi connectivity index (χ4v) is 3.64. The molecule has 4 N–H and O–H groups in total. The van der Waals surface area contributed by atoms with Gasteiger partial charge in [0.2, 0.25) is 0 Å². The summed E-state index contributed by atoms with van der Waals surface area (Å²) in [6, 6.07) is 9.96. The zero-order valence-corrected chi connectivity index (χ0v) is 15.2.